The van der Waals surface area contributed by atoms with Crippen LogP contribution in [0.2, 0.25) is 0 Å². The zero-order valence-corrected chi connectivity index (χ0v) is 33.4. The van der Waals surface area contributed by atoms with E-state index in [1.807, 2.05) is 19.1 Å². The summed E-state index contributed by atoms with van der Waals surface area (Å²) in [4.78, 5) is 66.2. The highest BCUT2D eigenvalue weighted by Gasteiger charge is 2.64. The molecule has 5 heterocycles. The van der Waals surface area contributed by atoms with Crippen molar-refractivity contribution in [3.05, 3.63) is 35.5 Å². The lowest BCUT2D eigenvalue weighted by Gasteiger charge is -2.36. The second-order valence-electron chi connectivity index (χ2n) is 16.3. The molecule has 3 N–H and O–H groups in total. The van der Waals surface area contributed by atoms with Crippen LogP contribution in [0.4, 0.5) is 13.6 Å². The normalized spacial score (nSPS) is 29.4. The summed E-state index contributed by atoms with van der Waals surface area (Å²) in [5.41, 5.74) is -2.65. The molecule has 57 heavy (non-hydrogen) atoms. The van der Waals surface area contributed by atoms with Crippen LogP contribution in [-0.4, -0.2) is 94.8 Å². The van der Waals surface area contributed by atoms with Crippen LogP contribution in [0.1, 0.15) is 109 Å². The zero-order valence-electron chi connectivity index (χ0n) is 32.6. The highest BCUT2D eigenvalue weighted by atomic mass is 32.2. The number of carbonyl (C=O) groups is 4. The van der Waals surface area contributed by atoms with Gasteiger partial charge in [0.2, 0.25) is 27.7 Å². The molecule has 2 aromatic rings. The van der Waals surface area contributed by atoms with Crippen molar-refractivity contribution in [2.45, 2.75) is 138 Å². The molecule has 0 radical (unpaired) electrons. The molecule has 6 atom stereocenters. The van der Waals surface area contributed by atoms with Crippen molar-refractivity contribution in [1.82, 2.24) is 30.2 Å². The fourth-order valence-corrected chi connectivity index (χ4v) is 9.41. The molecule has 0 bridgehead atoms. The van der Waals surface area contributed by atoms with Crippen LogP contribution in [0, 0.1) is 5.92 Å². The number of amides is 4. The SMILES string of the molecule is CC[C@H](C)OC(=O)N[C@H]1CCCCC/C=C\[C@@H]2C[C@@]2(C(=O)NS(=O)(=O)C2(C)CC2)NC(=O)[C@@H]2C[C@]3(CCc4c(c(C(F)F)nc5ccc(OC)nc45)O3)CN2C1=O. The van der Waals surface area contributed by atoms with E-state index in [2.05, 4.69) is 25.3 Å². The summed E-state index contributed by atoms with van der Waals surface area (Å²) in [5.74, 6) is -2.68. The van der Waals surface area contributed by atoms with E-state index in [1.54, 1.807) is 13.8 Å². The first-order valence-corrected chi connectivity index (χ1v) is 21.2. The number of hydrogen-bond acceptors (Lipinski definition) is 11. The number of hydrogen-bond donors (Lipinski definition) is 3. The van der Waals surface area contributed by atoms with Crippen LogP contribution in [-0.2, 0) is 35.6 Å². The van der Waals surface area contributed by atoms with Crippen LogP contribution in [0.15, 0.2) is 24.3 Å². The van der Waals surface area contributed by atoms with Crippen LogP contribution in [0.25, 0.3) is 11.0 Å². The Morgan fingerprint density at radius 1 is 1.12 bits per heavy atom. The van der Waals surface area contributed by atoms with Gasteiger partial charge in [0.15, 0.2) is 5.75 Å². The van der Waals surface area contributed by atoms with Crippen LogP contribution < -0.4 is 24.8 Å². The van der Waals surface area contributed by atoms with Crippen molar-refractivity contribution in [2.75, 3.05) is 13.7 Å². The Morgan fingerprint density at radius 3 is 2.60 bits per heavy atom. The van der Waals surface area contributed by atoms with Gasteiger partial charge >= 0.3 is 6.09 Å². The molecule has 15 nitrogen and oxygen atoms in total. The number of fused-ring (bicyclic) bond motifs is 5. The largest absolute Gasteiger partial charge is 0.483 e. The minimum absolute atomic E-state index is 0.127. The van der Waals surface area contributed by atoms with Gasteiger partial charge < -0.3 is 29.7 Å². The average molecular weight is 817 g/mol. The fourth-order valence-electron chi connectivity index (χ4n) is 8.10. The minimum Gasteiger partial charge on any atom is -0.483 e. The van der Waals surface area contributed by atoms with E-state index in [0.717, 1.165) is 6.42 Å². The lowest BCUT2D eigenvalue weighted by Crippen LogP contribution is -2.58. The maximum absolute atomic E-state index is 14.7. The molecule has 0 aromatic carbocycles. The summed E-state index contributed by atoms with van der Waals surface area (Å²) in [6, 6.07) is 0.646. The third-order valence-electron chi connectivity index (χ3n) is 12.2. The number of aromatic nitrogens is 2. The molecule has 4 amide bonds. The van der Waals surface area contributed by atoms with Gasteiger partial charge in [0.25, 0.3) is 12.3 Å². The van der Waals surface area contributed by atoms with E-state index in [9.17, 15) is 36.4 Å². The molecule has 5 aliphatic rings. The molecule has 7 rings (SSSR count). The summed E-state index contributed by atoms with van der Waals surface area (Å²) in [6.07, 6.45) is 3.97. The lowest BCUT2D eigenvalue weighted by molar-refractivity contribution is -0.141. The molecule has 2 aliphatic carbocycles. The Hall–Kier alpha value is -4.61. The highest BCUT2D eigenvalue weighted by molar-refractivity contribution is 7.91. The van der Waals surface area contributed by atoms with Crippen LogP contribution >= 0.6 is 0 Å². The maximum atomic E-state index is 14.7. The number of alkyl halides is 2. The Labute approximate surface area is 330 Å². The van der Waals surface area contributed by atoms with Gasteiger partial charge in [-0.15, -0.1) is 0 Å². The number of methoxy groups -OCH3 is 1. The number of sulfonamides is 1. The van der Waals surface area contributed by atoms with E-state index in [1.165, 1.54) is 24.1 Å². The van der Waals surface area contributed by atoms with Gasteiger partial charge in [0.05, 0.1) is 29.4 Å². The average Bonchev–Trinajstić information content (AvgIpc) is 4.07. The number of nitrogens with zero attached hydrogens (tertiary/aromatic N) is 3. The molecule has 0 unspecified atom stereocenters. The number of pyridine rings is 2. The molecule has 2 saturated carbocycles. The first-order chi connectivity index (χ1) is 27.0. The summed E-state index contributed by atoms with van der Waals surface area (Å²) in [5, 5.41) is 5.54. The Morgan fingerprint density at radius 2 is 1.89 bits per heavy atom. The number of carbonyl (C=O) groups excluding carboxylic acids is 4. The Bertz CT molecular complexity index is 2100. The van der Waals surface area contributed by atoms with E-state index < -0.39 is 85.9 Å². The molecule has 310 valence electrons. The molecule has 3 aliphatic heterocycles. The van der Waals surface area contributed by atoms with Gasteiger partial charge in [-0.3, -0.25) is 19.1 Å². The number of rotatable bonds is 8. The number of allylic oxidation sites excluding steroid dienone is 1. The molecular formula is C39H50F2N6O9S. The molecule has 1 saturated heterocycles. The lowest BCUT2D eigenvalue weighted by atomic mass is 9.88. The number of ether oxygens (including phenoxy) is 3. The zero-order chi connectivity index (χ0) is 40.9. The van der Waals surface area contributed by atoms with Crippen molar-refractivity contribution in [3.8, 4) is 11.6 Å². The third kappa shape index (κ3) is 7.85. The van der Waals surface area contributed by atoms with E-state index in [-0.39, 0.29) is 55.8 Å². The fraction of sp³-hybridized carbons (Fsp3) is 0.641. The second-order valence-corrected chi connectivity index (χ2v) is 18.5. The second kappa shape index (κ2) is 15.3. The van der Waals surface area contributed by atoms with Gasteiger partial charge in [-0.25, -0.2) is 32.0 Å². The van der Waals surface area contributed by atoms with Crippen LogP contribution in [0.5, 0.6) is 11.6 Å². The third-order valence-corrected chi connectivity index (χ3v) is 14.4. The van der Waals surface area contributed by atoms with Crippen molar-refractivity contribution in [2.24, 2.45) is 5.92 Å². The number of aryl methyl sites for hydroxylation is 1. The standard InChI is InChI=1S/C39H50F2N6O9S/c1-5-22(2)55-36(51)43-26-12-10-8-6-7-9-11-23-19-39(23,35(50)46-57(52,53)37(3)17-18-37)45-33(48)27-20-38(21-47(27)34(26)49)16-15-24-29-25(13-14-28(44-29)54-4)42-30(32(40)41)31(24)56-38/h9,11,13-14,22-23,26-27,32H,5-8,10,12,15-21H2,1-4H3,(H,43,51)(H,45,48)(H,46,50)/b11-9-/t22-,23+,26-,27-,38+,39+/m0/s1. The van der Waals surface area contributed by atoms with Gasteiger partial charge in [0, 0.05) is 24.0 Å². The quantitative estimate of drug-likeness (QED) is 0.317. The first kappa shape index (κ1) is 40.6. The monoisotopic (exact) mass is 816 g/mol. The van der Waals surface area contributed by atoms with Gasteiger partial charge in [-0.05, 0) is 77.7 Å². The Balaban J connectivity index is 1.26. The van der Waals surface area contributed by atoms with Crippen LogP contribution in [0.3, 0.4) is 0 Å². The predicted octanol–water partition coefficient (Wildman–Crippen LogP) is 4.53. The summed E-state index contributed by atoms with van der Waals surface area (Å²) in [6.45, 7) is 4.90. The topological polar surface area (TPSA) is 195 Å². The van der Waals surface area contributed by atoms with Crippen molar-refractivity contribution < 1.29 is 50.6 Å². The van der Waals surface area contributed by atoms with Crippen molar-refractivity contribution in [3.63, 3.8) is 0 Å². The van der Waals surface area contributed by atoms with Gasteiger partial charge in [-0.1, -0.05) is 31.9 Å². The van der Waals surface area contributed by atoms with Crippen molar-refractivity contribution in [1.29, 1.82) is 0 Å². The highest BCUT2D eigenvalue weighted by Crippen LogP contribution is 2.49. The number of halogens is 2. The van der Waals surface area contributed by atoms with E-state index in [0.29, 0.717) is 49.6 Å². The molecule has 18 heteroatoms. The molecule has 1 spiro atoms. The predicted molar refractivity (Wildman–Crippen MR) is 202 cm³/mol. The van der Waals surface area contributed by atoms with Gasteiger partial charge in [-0.2, -0.15) is 0 Å². The summed E-state index contributed by atoms with van der Waals surface area (Å²) < 4.78 is 74.2. The maximum Gasteiger partial charge on any atom is 0.408 e. The Kier molecular flexibility index (Phi) is 10.9. The molecular weight excluding hydrogens is 767 g/mol. The number of nitrogens with one attached hydrogen (secondary N) is 3. The molecule has 2 aromatic heterocycles. The minimum atomic E-state index is -4.06. The van der Waals surface area contributed by atoms with Crippen molar-refractivity contribution >= 4 is 44.9 Å². The smallest absolute Gasteiger partial charge is 0.408 e. The summed E-state index contributed by atoms with van der Waals surface area (Å²) in [7, 11) is -2.63. The first-order valence-electron chi connectivity index (χ1n) is 19.7. The van der Waals surface area contributed by atoms with E-state index >= 15 is 0 Å². The molecule has 3 fully saturated rings. The van der Waals surface area contributed by atoms with E-state index in [4.69, 9.17) is 14.2 Å². The van der Waals surface area contributed by atoms with Gasteiger partial charge in [0.1, 0.15) is 35.0 Å². The summed E-state index contributed by atoms with van der Waals surface area (Å²) >= 11 is 0. The number of alkyl carbamates (subject to hydrolysis) is 1.